The number of aromatic nitrogens is 2. The summed E-state index contributed by atoms with van der Waals surface area (Å²) in [5.74, 6) is 0.732. The molecule has 1 aliphatic heterocycles. The first-order valence-corrected chi connectivity index (χ1v) is 7.94. The second-order valence-electron chi connectivity index (χ2n) is 6.00. The maximum Gasteiger partial charge on any atom is 0.222 e. The van der Waals surface area contributed by atoms with Gasteiger partial charge in [0.05, 0.1) is 0 Å². The van der Waals surface area contributed by atoms with Gasteiger partial charge in [-0.25, -0.2) is 9.97 Å². The van der Waals surface area contributed by atoms with Crippen molar-refractivity contribution < 1.29 is 0 Å². The molecule has 112 valence electrons. The van der Waals surface area contributed by atoms with Crippen molar-refractivity contribution in [3.63, 3.8) is 0 Å². The third kappa shape index (κ3) is 2.74. The molecule has 0 atom stereocenters. The Morgan fingerprint density at radius 2 is 1.77 bits per heavy atom. The molecule has 4 heteroatoms. The van der Waals surface area contributed by atoms with Crippen molar-refractivity contribution >= 4 is 11.5 Å². The van der Waals surface area contributed by atoms with E-state index in [0.717, 1.165) is 43.9 Å². The first kappa shape index (κ1) is 13.5. The number of fused-ring (bicyclic) bond motifs is 1. The highest BCUT2D eigenvalue weighted by atomic mass is 15.1. The van der Waals surface area contributed by atoms with Crippen molar-refractivity contribution in [3.05, 3.63) is 59.4 Å². The largest absolute Gasteiger partial charge is 0.351 e. The Hall–Kier alpha value is -2.20. The van der Waals surface area contributed by atoms with Gasteiger partial charge in [-0.15, -0.1) is 0 Å². The summed E-state index contributed by atoms with van der Waals surface area (Å²) < 4.78 is 0. The van der Waals surface area contributed by atoms with E-state index in [1.165, 1.54) is 16.7 Å². The van der Waals surface area contributed by atoms with Crippen LogP contribution < -0.4 is 10.6 Å². The molecule has 2 aromatic rings. The quantitative estimate of drug-likeness (QED) is 0.912. The lowest BCUT2D eigenvalue weighted by Gasteiger charge is -2.15. The van der Waals surface area contributed by atoms with Gasteiger partial charge in [-0.2, -0.15) is 0 Å². The van der Waals surface area contributed by atoms with Crippen LogP contribution in [0.25, 0.3) is 5.57 Å². The molecule has 0 saturated heterocycles. The molecular weight excluding hydrogens is 272 g/mol. The van der Waals surface area contributed by atoms with Gasteiger partial charge in [0.1, 0.15) is 0 Å². The SMILES string of the molecule is C1=C(c2cnc(NC3Cc4ccccc4C3)nc2)CCNC1. The van der Waals surface area contributed by atoms with Gasteiger partial charge in [-0.3, -0.25) is 0 Å². The van der Waals surface area contributed by atoms with E-state index in [4.69, 9.17) is 0 Å². The predicted molar refractivity (Wildman–Crippen MR) is 88.8 cm³/mol. The van der Waals surface area contributed by atoms with Crippen LogP contribution in [0.5, 0.6) is 0 Å². The predicted octanol–water partition coefficient (Wildman–Crippen LogP) is 2.43. The van der Waals surface area contributed by atoms with Gasteiger partial charge < -0.3 is 10.6 Å². The van der Waals surface area contributed by atoms with Crippen molar-refractivity contribution in [2.24, 2.45) is 0 Å². The van der Waals surface area contributed by atoms with Crippen LogP contribution in [0.4, 0.5) is 5.95 Å². The van der Waals surface area contributed by atoms with Crippen LogP contribution in [-0.2, 0) is 12.8 Å². The summed E-state index contributed by atoms with van der Waals surface area (Å²) in [6.07, 6.45) is 9.26. The minimum Gasteiger partial charge on any atom is -0.351 e. The number of benzene rings is 1. The summed E-state index contributed by atoms with van der Waals surface area (Å²) in [6, 6.07) is 9.05. The Labute approximate surface area is 130 Å². The molecule has 0 amide bonds. The van der Waals surface area contributed by atoms with Gasteiger partial charge in [-0.1, -0.05) is 30.3 Å². The first-order valence-electron chi connectivity index (χ1n) is 7.94. The molecule has 0 unspecified atom stereocenters. The van der Waals surface area contributed by atoms with E-state index in [-0.39, 0.29) is 0 Å². The van der Waals surface area contributed by atoms with E-state index >= 15 is 0 Å². The van der Waals surface area contributed by atoms with Crippen LogP contribution in [0.15, 0.2) is 42.7 Å². The normalized spacial score (nSPS) is 17.9. The topological polar surface area (TPSA) is 49.8 Å². The van der Waals surface area contributed by atoms with Crippen LogP contribution in [0.1, 0.15) is 23.1 Å². The van der Waals surface area contributed by atoms with E-state index in [1.807, 2.05) is 12.4 Å². The monoisotopic (exact) mass is 292 g/mol. The molecule has 2 heterocycles. The molecule has 0 spiro atoms. The smallest absolute Gasteiger partial charge is 0.222 e. The zero-order valence-electron chi connectivity index (χ0n) is 12.5. The minimum atomic E-state index is 0.404. The van der Waals surface area contributed by atoms with Crippen molar-refractivity contribution in [1.82, 2.24) is 15.3 Å². The van der Waals surface area contributed by atoms with Gasteiger partial charge >= 0.3 is 0 Å². The van der Waals surface area contributed by atoms with Gasteiger partial charge in [0.25, 0.3) is 0 Å². The van der Waals surface area contributed by atoms with Gasteiger partial charge in [0.2, 0.25) is 5.95 Å². The molecule has 0 bridgehead atoms. The average molecular weight is 292 g/mol. The number of nitrogens with zero attached hydrogens (tertiary/aromatic N) is 2. The Bertz CT molecular complexity index is 665. The lowest BCUT2D eigenvalue weighted by atomic mass is 10.0. The van der Waals surface area contributed by atoms with Crippen molar-refractivity contribution in [3.8, 4) is 0 Å². The van der Waals surface area contributed by atoms with E-state index in [1.54, 1.807) is 0 Å². The summed E-state index contributed by atoms with van der Waals surface area (Å²) >= 11 is 0. The molecule has 1 aromatic carbocycles. The van der Waals surface area contributed by atoms with E-state index in [0.29, 0.717) is 6.04 Å². The third-order valence-corrected chi connectivity index (χ3v) is 4.47. The highest BCUT2D eigenvalue weighted by Crippen LogP contribution is 2.24. The fraction of sp³-hybridized carbons (Fsp3) is 0.333. The lowest BCUT2D eigenvalue weighted by molar-refractivity contribution is 0.737. The number of hydrogen-bond donors (Lipinski definition) is 2. The van der Waals surface area contributed by atoms with Gasteiger partial charge in [-0.05, 0) is 42.5 Å². The van der Waals surface area contributed by atoms with Crippen molar-refractivity contribution in [1.29, 1.82) is 0 Å². The molecule has 22 heavy (non-hydrogen) atoms. The third-order valence-electron chi connectivity index (χ3n) is 4.47. The Morgan fingerprint density at radius 3 is 2.41 bits per heavy atom. The molecule has 0 fully saturated rings. The highest BCUT2D eigenvalue weighted by molar-refractivity contribution is 5.65. The molecule has 4 rings (SSSR count). The summed E-state index contributed by atoms with van der Waals surface area (Å²) in [6.45, 7) is 1.97. The maximum atomic E-state index is 4.50. The molecule has 1 aromatic heterocycles. The van der Waals surface area contributed by atoms with Crippen LogP contribution in [0.2, 0.25) is 0 Å². The maximum absolute atomic E-state index is 4.50. The molecule has 4 nitrogen and oxygen atoms in total. The van der Waals surface area contributed by atoms with Gasteiger partial charge in [0, 0.05) is 30.5 Å². The standard InChI is InChI=1S/C18H20N4/c1-2-4-15-10-17(9-14(15)3-1)22-18-20-11-16(12-21-18)13-5-7-19-8-6-13/h1-5,11-12,17,19H,6-10H2,(H,20,21,22). The summed E-state index contributed by atoms with van der Waals surface area (Å²) in [4.78, 5) is 8.99. The number of hydrogen-bond acceptors (Lipinski definition) is 4. The van der Waals surface area contributed by atoms with Crippen molar-refractivity contribution in [2.45, 2.75) is 25.3 Å². The minimum absolute atomic E-state index is 0.404. The molecule has 2 N–H and O–H groups in total. The summed E-state index contributed by atoms with van der Waals surface area (Å²) in [5, 5.41) is 6.79. The molecular formula is C18H20N4. The first-order chi connectivity index (χ1) is 10.9. The summed E-state index contributed by atoms with van der Waals surface area (Å²) in [7, 11) is 0. The zero-order chi connectivity index (χ0) is 14.8. The average Bonchev–Trinajstić information content (AvgIpc) is 2.98. The lowest BCUT2D eigenvalue weighted by Crippen LogP contribution is -2.21. The van der Waals surface area contributed by atoms with Crippen molar-refractivity contribution in [2.75, 3.05) is 18.4 Å². The highest BCUT2D eigenvalue weighted by Gasteiger charge is 2.21. The summed E-state index contributed by atoms with van der Waals surface area (Å²) in [5.41, 5.74) is 5.37. The van der Waals surface area contributed by atoms with Gasteiger partial charge in [0.15, 0.2) is 0 Å². The molecule has 0 saturated carbocycles. The Kier molecular flexibility index (Phi) is 3.60. The molecule has 0 radical (unpaired) electrons. The molecule has 2 aliphatic rings. The van der Waals surface area contributed by atoms with Crippen LogP contribution >= 0.6 is 0 Å². The zero-order valence-corrected chi connectivity index (χ0v) is 12.5. The molecule has 1 aliphatic carbocycles. The fourth-order valence-corrected chi connectivity index (χ4v) is 3.30. The van der Waals surface area contributed by atoms with E-state index in [2.05, 4.69) is 50.9 Å². The second-order valence-corrected chi connectivity index (χ2v) is 6.00. The van der Waals surface area contributed by atoms with Crippen LogP contribution in [-0.4, -0.2) is 29.1 Å². The fourth-order valence-electron chi connectivity index (χ4n) is 3.30. The van der Waals surface area contributed by atoms with E-state index in [9.17, 15) is 0 Å². The number of rotatable bonds is 3. The van der Waals surface area contributed by atoms with Crippen LogP contribution in [0.3, 0.4) is 0 Å². The second kappa shape index (κ2) is 5.89. The Morgan fingerprint density at radius 1 is 1.05 bits per heavy atom. The Balaban J connectivity index is 1.43. The van der Waals surface area contributed by atoms with E-state index < -0.39 is 0 Å². The van der Waals surface area contributed by atoms with Crippen LogP contribution in [0, 0.1) is 0 Å². The number of nitrogens with one attached hydrogen (secondary N) is 2. The number of anilines is 1.